The normalized spacial score (nSPS) is 17.3. The molecule has 0 radical (unpaired) electrons. The molecule has 3 nitrogen and oxygen atoms in total. The van der Waals surface area contributed by atoms with Crippen LogP contribution in [0.15, 0.2) is 46.2 Å². The second-order valence-corrected chi connectivity index (χ2v) is 9.37. The van der Waals surface area contributed by atoms with Crippen LogP contribution in [0.2, 0.25) is 0 Å². The van der Waals surface area contributed by atoms with Crippen LogP contribution in [-0.2, 0) is 6.42 Å². The van der Waals surface area contributed by atoms with Crippen LogP contribution in [0.3, 0.4) is 0 Å². The minimum absolute atomic E-state index is 0.385. The lowest BCUT2D eigenvalue weighted by molar-refractivity contribution is 0.319. The standard InChI is InChI=1S/C23H29N3S2/c1-3-8-17-18(23(24)27)11-12-21-22(17)26(16(2)15-25-13-6-7-14-25)19-9-4-5-10-20(19)28-21/h4-5,9-12,16H,3,6-8,13-15H2,1-2H3,(H2,24,27). The summed E-state index contributed by atoms with van der Waals surface area (Å²) in [4.78, 5) is 8.31. The van der Waals surface area contributed by atoms with Gasteiger partial charge in [0.1, 0.15) is 4.99 Å². The number of anilines is 2. The van der Waals surface area contributed by atoms with E-state index in [0.717, 1.165) is 24.9 Å². The Morgan fingerprint density at radius 3 is 2.61 bits per heavy atom. The molecule has 0 bridgehead atoms. The number of likely N-dealkylation sites (tertiary alicyclic amines) is 1. The molecular formula is C23H29N3S2. The van der Waals surface area contributed by atoms with Gasteiger partial charge in [-0.2, -0.15) is 0 Å². The molecule has 0 amide bonds. The summed E-state index contributed by atoms with van der Waals surface area (Å²) in [5.74, 6) is 0. The van der Waals surface area contributed by atoms with Crippen LogP contribution in [0.5, 0.6) is 0 Å². The summed E-state index contributed by atoms with van der Waals surface area (Å²) in [6.07, 6.45) is 4.71. The smallest absolute Gasteiger partial charge is 0.104 e. The van der Waals surface area contributed by atoms with Crippen LogP contribution in [-0.4, -0.2) is 35.6 Å². The summed E-state index contributed by atoms with van der Waals surface area (Å²) in [6, 6.07) is 13.5. The van der Waals surface area contributed by atoms with Crippen molar-refractivity contribution in [3.8, 4) is 0 Å². The predicted molar refractivity (Wildman–Crippen MR) is 124 cm³/mol. The number of rotatable bonds is 6. The highest BCUT2D eigenvalue weighted by Crippen LogP contribution is 2.51. The van der Waals surface area contributed by atoms with Crippen LogP contribution in [0, 0.1) is 0 Å². The fourth-order valence-electron chi connectivity index (χ4n) is 4.55. The minimum Gasteiger partial charge on any atom is -0.389 e. The van der Waals surface area contributed by atoms with Gasteiger partial charge in [-0.05, 0) is 63.0 Å². The summed E-state index contributed by atoms with van der Waals surface area (Å²) < 4.78 is 0. The zero-order valence-corrected chi connectivity index (χ0v) is 18.4. The van der Waals surface area contributed by atoms with E-state index in [1.165, 1.54) is 52.7 Å². The third-order valence-electron chi connectivity index (χ3n) is 5.76. The molecule has 148 valence electrons. The van der Waals surface area contributed by atoms with Crippen LogP contribution in [0.4, 0.5) is 11.4 Å². The minimum atomic E-state index is 0.385. The fourth-order valence-corrected chi connectivity index (χ4v) is 5.85. The monoisotopic (exact) mass is 411 g/mol. The van der Waals surface area contributed by atoms with E-state index in [2.05, 4.69) is 60.0 Å². The highest BCUT2D eigenvalue weighted by atomic mass is 32.2. The Hall–Kier alpha value is -1.56. The predicted octanol–water partition coefficient (Wildman–Crippen LogP) is 5.36. The van der Waals surface area contributed by atoms with Crippen LogP contribution >= 0.6 is 24.0 Å². The van der Waals surface area contributed by atoms with Crippen molar-refractivity contribution in [1.29, 1.82) is 0 Å². The average Bonchev–Trinajstić information content (AvgIpc) is 3.19. The van der Waals surface area contributed by atoms with E-state index < -0.39 is 0 Å². The van der Waals surface area contributed by atoms with Gasteiger partial charge in [0.15, 0.2) is 0 Å². The summed E-state index contributed by atoms with van der Waals surface area (Å²) >= 11 is 7.28. The average molecular weight is 412 g/mol. The van der Waals surface area contributed by atoms with Crippen LogP contribution in [0.25, 0.3) is 0 Å². The lowest BCUT2D eigenvalue weighted by Gasteiger charge is -2.40. The largest absolute Gasteiger partial charge is 0.389 e. The van der Waals surface area contributed by atoms with Crippen molar-refractivity contribution in [2.45, 2.75) is 55.4 Å². The molecule has 0 aromatic heterocycles. The van der Waals surface area contributed by atoms with Gasteiger partial charge in [-0.3, -0.25) is 0 Å². The van der Waals surface area contributed by atoms with Gasteiger partial charge < -0.3 is 15.5 Å². The quantitative estimate of drug-likeness (QED) is 0.647. The van der Waals surface area contributed by atoms with E-state index in [4.69, 9.17) is 18.0 Å². The molecule has 1 unspecified atom stereocenters. The van der Waals surface area contributed by atoms with Gasteiger partial charge in [-0.25, -0.2) is 0 Å². The molecule has 28 heavy (non-hydrogen) atoms. The Bertz CT molecular complexity index is 874. The number of hydrogen-bond donors (Lipinski definition) is 1. The van der Waals surface area contributed by atoms with Crippen molar-refractivity contribution in [2.24, 2.45) is 5.73 Å². The number of benzene rings is 2. The summed E-state index contributed by atoms with van der Waals surface area (Å²) in [5, 5.41) is 0. The molecule has 2 aromatic carbocycles. The van der Waals surface area contributed by atoms with Gasteiger partial charge in [0.05, 0.1) is 11.4 Å². The van der Waals surface area contributed by atoms with E-state index in [9.17, 15) is 0 Å². The van der Waals surface area contributed by atoms with E-state index in [0.29, 0.717) is 11.0 Å². The van der Waals surface area contributed by atoms with Crippen LogP contribution < -0.4 is 10.6 Å². The number of fused-ring (bicyclic) bond motifs is 2. The van der Waals surface area contributed by atoms with Crippen molar-refractivity contribution in [3.63, 3.8) is 0 Å². The molecule has 1 fully saturated rings. The van der Waals surface area contributed by atoms with Crippen molar-refractivity contribution < 1.29 is 0 Å². The SMILES string of the molecule is CCCc1c(C(N)=S)ccc2c1N(C(C)CN1CCCC1)c1ccccc1S2. The topological polar surface area (TPSA) is 32.5 Å². The molecule has 1 atom stereocenters. The Morgan fingerprint density at radius 2 is 1.89 bits per heavy atom. The number of para-hydroxylation sites is 1. The first-order valence-electron chi connectivity index (χ1n) is 10.3. The number of thiocarbonyl (C=S) groups is 1. The lowest BCUT2D eigenvalue weighted by Crippen LogP contribution is -2.40. The Kier molecular flexibility index (Phi) is 5.95. The maximum atomic E-state index is 6.12. The van der Waals surface area contributed by atoms with Gasteiger partial charge in [0, 0.05) is 27.9 Å². The fraction of sp³-hybridized carbons (Fsp3) is 0.435. The van der Waals surface area contributed by atoms with Crippen LogP contribution in [0.1, 0.15) is 44.2 Å². The summed E-state index contributed by atoms with van der Waals surface area (Å²) in [7, 11) is 0. The van der Waals surface area contributed by atoms with E-state index in [1.807, 2.05) is 11.8 Å². The molecule has 2 heterocycles. The van der Waals surface area contributed by atoms with Gasteiger partial charge in [0.2, 0.25) is 0 Å². The van der Waals surface area contributed by atoms with Gasteiger partial charge in [-0.15, -0.1) is 0 Å². The zero-order chi connectivity index (χ0) is 19.7. The Morgan fingerprint density at radius 1 is 1.14 bits per heavy atom. The van der Waals surface area contributed by atoms with E-state index in [-0.39, 0.29) is 0 Å². The first-order chi connectivity index (χ1) is 13.6. The molecule has 2 aliphatic heterocycles. The van der Waals surface area contributed by atoms with Crippen molar-refractivity contribution in [3.05, 3.63) is 47.5 Å². The maximum Gasteiger partial charge on any atom is 0.104 e. The molecule has 0 spiro atoms. The Balaban J connectivity index is 1.84. The molecule has 0 aliphatic carbocycles. The first-order valence-corrected chi connectivity index (χ1v) is 11.6. The van der Waals surface area contributed by atoms with Crippen molar-refractivity contribution in [1.82, 2.24) is 4.90 Å². The molecular weight excluding hydrogens is 382 g/mol. The van der Waals surface area contributed by atoms with E-state index in [1.54, 1.807) is 0 Å². The van der Waals surface area contributed by atoms with Gasteiger partial charge in [0.25, 0.3) is 0 Å². The molecule has 2 N–H and O–H groups in total. The number of hydrogen-bond acceptors (Lipinski definition) is 4. The highest BCUT2D eigenvalue weighted by molar-refractivity contribution is 7.99. The third kappa shape index (κ3) is 3.68. The van der Waals surface area contributed by atoms with E-state index >= 15 is 0 Å². The second-order valence-electron chi connectivity index (χ2n) is 7.85. The maximum absolute atomic E-state index is 6.12. The van der Waals surface area contributed by atoms with Gasteiger partial charge in [-0.1, -0.05) is 55.5 Å². The highest BCUT2D eigenvalue weighted by Gasteiger charge is 2.31. The third-order valence-corrected chi connectivity index (χ3v) is 7.09. The van der Waals surface area contributed by atoms with Crippen molar-refractivity contribution in [2.75, 3.05) is 24.5 Å². The lowest BCUT2D eigenvalue weighted by atomic mass is 9.98. The molecule has 4 rings (SSSR count). The van der Waals surface area contributed by atoms with Gasteiger partial charge >= 0.3 is 0 Å². The summed E-state index contributed by atoms with van der Waals surface area (Å²) in [5.41, 5.74) is 11.1. The molecule has 1 saturated heterocycles. The summed E-state index contributed by atoms with van der Waals surface area (Å²) in [6.45, 7) is 8.11. The second kappa shape index (κ2) is 8.44. The number of nitrogens with zero attached hydrogens (tertiary/aromatic N) is 2. The number of nitrogens with two attached hydrogens (primary N) is 1. The zero-order valence-electron chi connectivity index (χ0n) is 16.8. The first kappa shape index (κ1) is 19.7. The molecule has 5 heteroatoms. The molecule has 0 saturated carbocycles. The Labute approximate surface area is 178 Å². The van der Waals surface area contributed by atoms with Crippen molar-refractivity contribution >= 4 is 40.3 Å². The molecule has 2 aliphatic rings. The molecule has 2 aromatic rings.